The normalized spacial score (nSPS) is 10.6. The topological polar surface area (TPSA) is 85.8 Å². The van der Waals surface area contributed by atoms with Gasteiger partial charge < -0.3 is 11.2 Å². The predicted molar refractivity (Wildman–Crippen MR) is 104 cm³/mol. The van der Waals surface area contributed by atoms with E-state index in [2.05, 4.69) is 31.4 Å². The molecule has 9 heteroatoms. The largest absolute Gasteiger partial charge is 0.335 e. The second kappa shape index (κ2) is 7.90. The van der Waals surface area contributed by atoms with Crippen LogP contribution in [0.3, 0.4) is 0 Å². The molecule has 3 N–H and O–H groups in total. The molecule has 0 bridgehead atoms. The van der Waals surface area contributed by atoms with Crippen LogP contribution in [0.2, 0.25) is 5.02 Å². The summed E-state index contributed by atoms with van der Waals surface area (Å²) in [5.74, 6) is 6.56. The third kappa shape index (κ3) is 4.33. The zero-order valence-corrected chi connectivity index (χ0v) is 16.0. The fourth-order valence-corrected chi connectivity index (χ4v) is 3.21. The molecule has 0 aliphatic carbocycles. The van der Waals surface area contributed by atoms with Crippen molar-refractivity contribution >= 4 is 50.9 Å². The molecule has 0 aliphatic rings. The number of thioether (sulfide) groups is 1. The number of amides is 1. The summed E-state index contributed by atoms with van der Waals surface area (Å²) >= 11 is 10.5. The number of rotatable bonds is 5. The van der Waals surface area contributed by atoms with Crippen molar-refractivity contribution in [1.82, 2.24) is 14.9 Å². The van der Waals surface area contributed by atoms with Gasteiger partial charge in [-0.3, -0.25) is 4.79 Å². The summed E-state index contributed by atoms with van der Waals surface area (Å²) in [7, 11) is 0. The summed E-state index contributed by atoms with van der Waals surface area (Å²) in [5.41, 5.74) is 1.51. The SMILES string of the molecule is Nn1c(SCC(=O)Nc2ccc(Cl)c(Br)c2)nnc1-c1ccccc1. The minimum atomic E-state index is -0.177. The molecule has 6 nitrogen and oxygen atoms in total. The molecule has 0 spiro atoms. The first-order chi connectivity index (χ1) is 12.0. The van der Waals surface area contributed by atoms with Gasteiger partial charge in [-0.1, -0.05) is 53.7 Å². The smallest absolute Gasteiger partial charge is 0.234 e. The Balaban J connectivity index is 1.63. The minimum absolute atomic E-state index is 0.157. The molecule has 0 unspecified atom stereocenters. The van der Waals surface area contributed by atoms with Gasteiger partial charge in [0.2, 0.25) is 11.1 Å². The van der Waals surface area contributed by atoms with E-state index in [1.54, 1.807) is 18.2 Å². The lowest BCUT2D eigenvalue weighted by Crippen LogP contribution is -2.16. The number of nitrogens with two attached hydrogens (primary N) is 1. The first-order valence-electron chi connectivity index (χ1n) is 7.18. The Bertz CT molecular complexity index is 903. The molecule has 0 fully saturated rings. The summed E-state index contributed by atoms with van der Waals surface area (Å²) in [6.45, 7) is 0. The number of hydrogen-bond donors (Lipinski definition) is 2. The molecule has 128 valence electrons. The molecule has 0 saturated heterocycles. The lowest BCUT2D eigenvalue weighted by atomic mass is 10.2. The highest BCUT2D eigenvalue weighted by Crippen LogP contribution is 2.26. The molecular weight excluding hydrogens is 426 g/mol. The summed E-state index contributed by atoms with van der Waals surface area (Å²) < 4.78 is 2.10. The van der Waals surface area contributed by atoms with Gasteiger partial charge in [0.25, 0.3) is 0 Å². The van der Waals surface area contributed by atoms with E-state index in [1.807, 2.05) is 30.3 Å². The molecule has 0 aliphatic heterocycles. The Morgan fingerprint density at radius 2 is 2.00 bits per heavy atom. The lowest BCUT2D eigenvalue weighted by Gasteiger charge is -2.06. The molecule has 2 aromatic carbocycles. The van der Waals surface area contributed by atoms with Gasteiger partial charge >= 0.3 is 0 Å². The van der Waals surface area contributed by atoms with Gasteiger partial charge in [-0.05, 0) is 34.1 Å². The number of nitrogens with one attached hydrogen (secondary N) is 1. The van der Waals surface area contributed by atoms with Crippen LogP contribution in [0.5, 0.6) is 0 Å². The Hall–Kier alpha value is -2.03. The van der Waals surface area contributed by atoms with Gasteiger partial charge in [0, 0.05) is 15.7 Å². The van der Waals surface area contributed by atoms with Gasteiger partial charge in [-0.25, -0.2) is 4.68 Å². The quantitative estimate of drug-likeness (QED) is 0.467. The van der Waals surface area contributed by atoms with Crippen molar-refractivity contribution in [2.75, 3.05) is 16.9 Å². The molecule has 25 heavy (non-hydrogen) atoms. The highest BCUT2D eigenvalue weighted by molar-refractivity contribution is 9.10. The number of aromatic nitrogens is 3. The predicted octanol–water partition coefficient (Wildman–Crippen LogP) is 3.81. The molecule has 0 saturated carbocycles. The van der Waals surface area contributed by atoms with Crippen molar-refractivity contribution < 1.29 is 4.79 Å². The maximum Gasteiger partial charge on any atom is 0.234 e. The van der Waals surface area contributed by atoms with Crippen LogP contribution in [0.25, 0.3) is 11.4 Å². The first-order valence-corrected chi connectivity index (χ1v) is 9.34. The highest BCUT2D eigenvalue weighted by atomic mass is 79.9. The van der Waals surface area contributed by atoms with Crippen molar-refractivity contribution in [1.29, 1.82) is 0 Å². The molecule has 0 atom stereocenters. The average molecular weight is 439 g/mol. The zero-order valence-electron chi connectivity index (χ0n) is 12.8. The van der Waals surface area contributed by atoms with Crippen molar-refractivity contribution in [3.8, 4) is 11.4 Å². The van der Waals surface area contributed by atoms with Crippen LogP contribution in [0.4, 0.5) is 5.69 Å². The summed E-state index contributed by atoms with van der Waals surface area (Å²) in [4.78, 5) is 12.1. The van der Waals surface area contributed by atoms with Gasteiger partial charge in [0.05, 0.1) is 10.8 Å². The second-order valence-electron chi connectivity index (χ2n) is 5.01. The number of nitrogens with zero attached hydrogens (tertiary/aromatic N) is 3. The van der Waals surface area contributed by atoms with Crippen molar-refractivity contribution in [2.24, 2.45) is 0 Å². The summed E-state index contributed by atoms with van der Waals surface area (Å²) in [5, 5.41) is 12.0. The Morgan fingerprint density at radius 1 is 1.24 bits per heavy atom. The van der Waals surface area contributed by atoms with Gasteiger partial charge in [0.15, 0.2) is 5.82 Å². The summed E-state index contributed by atoms with van der Waals surface area (Å²) in [6, 6.07) is 14.7. The van der Waals surface area contributed by atoms with E-state index in [1.165, 1.54) is 16.4 Å². The van der Waals surface area contributed by atoms with Crippen molar-refractivity contribution in [3.63, 3.8) is 0 Å². The Morgan fingerprint density at radius 3 is 2.72 bits per heavy atom. The van der Waals surface area contributed by atoms with Gasteiger partial charge in [-0.2, -0.15) is 0 Å². The number of anilines is 1. The van der Waals surface area contributed by atoms with Crippen molar-refractivity contribution in [2.45, 2.75) is 5.16 Å². The minimum Gasteiger partial charge on any atom is -0.335 e. The maximum atomic E-state index is 12.1. The number of carbonyl (C=O) groups excluding carboxylic acids is 1. The highest BCUT2D eigenvalue weighted by Gasteiger charge is 2.13. The van der Waals surface area contributed by atoms with Crippen LogP contribution in [-0.2, 0) is 4.79 Å². The van der Waals surface area contributed by atoms with E-state index >= 15 is 0 Å². The standard InChI is InChI=1S/C16H13BrClN5OS/c17-12-8-11(6-7-13(12)18)20-14(24)9-25-16-22-21-15(23(16)19)10-4-2-1-3-5-10/h1-8H,9,19H2,(H,20,24). The fraction of sp³-hybridized carbons (Fsp3) is 0.0625. The number of carbonyl (C=O) groups is 1. The number of halogens is 2. The van der Waals surface area contributed by atoms with E-state index in [9.17, 15) is 4.79 Å². The average Bonchev–Trinajstić information content (AvgIpc) is 2.98. The Labute approximate surface area is 161 Å². The van der Waals surface area contributed by atoms with E-state index in [0.29, 0.717) is 26.2 Å². The Kier molecular flexibility index (Phi) is 5.62. The monoisotopic (exact) mass is 437 g/mol. The van der Waals surface area contributed by atoms with E-state index in [-0.39, 0.29) is 11.7 Å². The maximum absolute atomic E-state index is 12.1. The fourth-order valence-electron chi connectivity index (χ4n) is 2.06. The van der Waals surface area contributed by atoms with Crippen LogP contribution in [0.1, 0.15) is 0 Å². The van der Waals surface area contributed by atoms with E-state index in [0.717, 1.165) is 5.56 Å². The molecule has 1 amide bonds. The number of benzene rings is 2. The van der Waals surface area contributed by atoms with Gasteiger partial charge in [0.1, 0.15) is 0 Å². The first kappa shape index (κ1) is 17.8. The van der Waals surface area contributed by atoms with Crippen LogP contribution < -0.4 is 11.2 Å². The van der Waals surface area contributed by atoms with Crippen molar-refractivity contribution in [3.05, 3.63) is 58.0 Å². The third-order valence-corrected chi connectivity index (χ3v) is 5.39. The molecule has 0 radical (unpaired) electrons. The van der Waals surface area contributed by atoms with Crippen LogP contribution in [0, 0.1) is 0 Å². The number of hydrogen-bond acceptors (Lipinski definition) is 5. The molecule has 1 heterocycles. The third-order valence-electron chi connectivity index (χ3n) is 3.23. The zero-order chi connectivity index (χ0) is 17.8. The van der Waals surface area contributed by atoms with E-state index in [4.69, 9.17) is 17.4 Å². The second-order valence-corrected chi connectivity index (χ2v) is 7.21. The molecule has 3 aromatic rings. The van der Waals surface area contributed by atoms with Gasteiger partial charge in [-0.15, -0.1) is 10.2 Å². The van der Waals surface area contributed by atoms with E-state index < -0.39 is 0 Å². The molecule has 3 rings (SSSR count). The number of nitrogen functional groups attached to an aromatic ring is 1. The summed E-state index contributed by atoms with van der Waals surface area (Å²) in [6.07, 6.45) is 0. The lowest BCUT2D eigenvalue weighted by molar-refractivity contribution is -0.113. The molecule has 1 aromatic heterocycles. The van der Waals surface area contributed by atoms with Crippen LogP contribution in [-0.4, -0.2) is 26.5 Å². The molecular formula is C16H13BrClN5OS. The van der Waals surface area contributed by atoms with Crippen LogP contribution in [0.15, 0.2) is 58.2 Å². The van der Waals surface area contributed by atoms with Crippen LogP contribution >= 0.6 is 39.3 Å².